The van der Waals surface area contributed by atoms with Gasteiger partial charge in [0.15, 0.2) is 0 Å². The molecule has 2 atom stereocenters. The summed E-state index contributed by atoms with van der Waals surface area (Å²) in [6.07, 6.45) is 12.1. The van der Waals surface area contributed by atoms with Crippen LogP contribution in [0.4, 0.5) is 0 Å². The Morgan fingerprint density at radius 1 is 0.941 bits per heavy atom. The number of rotatable bonds is 5. The second-order valence-electron chi connectivity index (χ2n) is 6.81. The van der Waals surface area contributed by atoms with E-state index in [1.54, 1.807) is 0 Å². The fourth-order valence-corrected chi connectivity index (χ4v) is 3.77. The van der Waals surface area contributed by atoms with Crippen LogP contribution in [0.3, 0.4) is 0 Å². The van der Waals surface area contributed by atoms with Gasteiger partial charge in [0.1, 0.15) is 0 Å². The van der Waals surface area contributed by atoms with E-state index in [0.29, 0.717) is 0 Å². The Balaban J connectivity index is 1.69. The van der Waals surface area contributed by atoms with E-state index < -0.39 is 0 Å². The maximum atomic E-state index is 3.67. The van der Waals surface area contributed by atoms with Crippen molar-refractivity contribution in [3.63, 3.8) is 0 Å². The van der Waals surface area contributed by atoms with Gasteiger partial charge in [0.2, 0.25) is 0 Å². The van der Waals surface area contributed by atoms with Crippen LogP contribution >= 0.6 is 0 Å². The Morgan fingerprint density at radius 2 is 1.65 bits per heavy atom. The van der Waals surface area contributed by atoms with E-state index in [9.17, 15) is 0 Å². The van der Waals surface area contributed by atoms with Crippen molar-refractivity contribution < 1.29 is 0 Å². The highest BCUT2D eigenvalue weighted by Crippen LogP contribution is 2.44. The molecule has 2 unspecified atom stereocenters. The maximum Gasteiger partial charge on any atom is -0.00177 e. The third-order valence-corrected chi connectivity index (χ3v) is 4.94. The second kappa shape index (κ2) is 6.78. The van der Waals surface area contributed by atoms with Gasteiger partial charge in [-0.2, -0.15) is 0 Å². The molecule has 17 heavy (non-hydrogen) atoms. The van der Waals surface area contributed by atoms with Crippen LogP contribution in [0.2, 0.25) is 0 Å². The number of nitrogens with one attached hydrogen (secondary N) is 1. The second-order valence-corrected chi connectivity index (χ2v) is 6.81. The van der Waals surface area contributed by atoms with Crippen molar-refractivity contribution in [2.24, 2.45) is 23.7 Å². The molecule has 0 aromatic carbocycles. The molecule has 2 saturated carbocycles. The van der Waals surface area contributed by atoms with Crippen molar-refractivity contribution in [1.82, 2.24) is 5.32 Å². The first-order chi connectivity index (χ1) is 8.27. The average molecular weight is 237 g/mol. The van der Waals surface area contributed by atoms with Crippen molar-refractivity contribution in [3.8, 4) is 0 Å². The van der Waals surface area contributed by atoms with E-state index >= 15 is 0 Å². The molecule has 0 aromatic heterocycles. The van der Waals surface area contributed by atoms with Crippen LogP contribution in [-0.4, -0.2) is 13.1 Å². The molecule has 2 aliphatic carbocycles. The molecule has 0 amide bonds. The summed E-state index contributed by atoms with van der Waals surface area (Å²) in [6, 6.07) is 0. The van der Waals surface area contributed by atoms with Gasteiger partial charge in [0, 0.05) is 0 Å². The molecule has 100 valence electrons. The topological polar surface area (TPSA) is 12.0 Å². The third kappa shape index (κ3) is 3.98. The van der Waals surface area contributed by atoms with Crippen LogP contribution in [0.25, 0.3) is 0 Å². The molecular weight excluding hydrogens is 206 g/mol. The number of hydrogen-bond donors (Lipinski definition) is 1. The molecule has 0 aliphatic heterocycles. The van der Waals surface area contributed by atoms with Crippen molar-refractivity contribution in [3.05, 3.63) is 0 Å². The van der Waals surface area contributed by atoms with Crippen LogP contribution in [0.15, 0.2) is 0 Å². The molecule has 1 heteroatoms. The van der Waals surface area contributed by atoms with E-state index in [1.807, 2.05) is 0 Å². The lowest BCUT2D eigenvalue weighted by Crippen LogP contribution is -2.40. The molecular formula is C16H31N. The van der Waals surface area contributed by atoms with Gasteiger partial charge in [-0.25, -0.2) is 0 Å². The Kier molecular flexibility index (Phi) is 5.34. The summed E-state index contributed by atoms with van der Waals surface area (Å²) in [6.45, 7) is 7.10. The minimum absolute atomic E-state index is 0.798. The lowest BCUT2D eigenvalue weighted by atomic mass is 9.65. The smallest absolute Gasteiger partial charge is 0.00177 e. The summed E-state index contributed by atoms with van der Waals surface area (Å²) in [5, 5.41) is 3.67. The summed E-state index contributed by atoms with van der Waals surface area (Å²) >= 11 is 0. The Labute approximate surface area is 108 Å². The van der Waals surface area contributed by atoms with Gasteiger partial charge in [-0.15, -0.1) is 0 Å². The standard InChI is InChI=1S/C16H31N/c1-13(2)11-17-12-15-9-10-16(15)14-7-5-3-4-6-8-14/h13-17H,3-12H2,1-2H3. The molecule has 0 bridgehead atoms. The number of hydrogen-bond acceptors (Lipinski definition) is 1. The Hall–Kier alpha value is -0.0400. The largest absolute Gasteiger partial charge is 0.316 e. The summed E-state index contributed by atoms with van der Waals surface area (Å²) in [4.78, 5) is 0. The van der Waals surface area contributed by atoms with Gasteiger partial charge < -0.3 is 5.32 Å². The summed E-state index contributed by atoms with van der Waals surface area (Å²) in [5.41, 5.74) is 0. The molecule has 0 heterocycles. The van der Waals surface area contributed by atoms with E-state index in [0.717, 1.165) is 23.7 Å². The molecule has 2 rings (SSSR count). The van der Waals surface area contributed by atoms with Crippen LogP contribution in [0, 0.1) is 23.7 Å². The van der Waals surface area contributed by atoms with Gasteiger partial charge >= 0.3 is 0 Å². The fraction of sp³-hybridized carbons (Fsp3) is 1.00. The van der Waals surface area contributed by atoms with Crippen LogP contribution in [0.5, 0.6) is 0 Å². The first-order valence-corrected chi connectivity index (χ1v) is 7.98. The summed E-state index contributed by atoms with van der Waals surface area (Å²) in [7, 11) is 0. The van der Waals surface area contributed by atoms with E-state index in [2.05, 4.69) is 19.2 Å². The first kappa shape index (κ1) is 13.4. The fourth-order valence-electron chi connectivity index (χ4n) is 3.77. The van der Waals surface area contributed by atoms with Crippen molar-refractivity contribution >= 4 is 0 Å². The Morgan fingerprint density at radius 3 is 2.18 bits per heavy atom. The molecule has 0 aromatic rings. The van der Waals surface area contributed by atoms with Gasteiger partial charge in [0.25, 0.3) is 0 Å². The SMILES string of the molecule is CC(C)CNCC1CCC1C1CCCCCC1. The van der Waals surface area contributed by atoms with Gasteiger partial charge in [-0.05, 0) is 49.6 Å². The normalized spacial score (nSPS) is 31.2. The van der Waals surface area contributed by atoms with Crippen molar-refractivity contribution in [2.45, 2.75) is 65.2 Å². The predicted molar refractivity (Wildman–Crippen MR) is 75.1 cm³/mol. The predicted octanol–water partition coefficient (Wildman–Crippen LogP) is 4.23. The van der Waals surface area contributed by atoms with Crippen LogP contribution < -0.4 is 5.32 Å². The first-order valence-electron chi connectivity index (χ1n) is 7.98. The Bertz CT molecular complexity index is 204. The highest BCUT2D eigenvalue weighted by Gasteiger charge is 2.36. The zero-order valence-corrected chi connectivity index (χ0v) is 11.9. The summed E-state index contributed by atoms with van der Waals surface area (Å²) in [5.74, 6) is 3.97. The molecule has 1 nitrogen and oxygen atoms in total. The van der Waals surface area contributed by atoms with Crippen molar-refractivity contribution in [1.29, 1.82) is 0 Å². The molecule has 2 aliphatic rings. The molecule has 1 N–H and O–H groups in total. The molecule has 0 saturated heterocycles. The van der Waals surface area contributed by atoms with Crippen LogP contribution in [-0.2, 0) is 0 Å². The van der Waals surface area contributed by atoms with E-state index in [-0.39, 0.29) is 0 Å². The maximum absolute atomic E-state index is 3.67. The zero-order chi connectivity index (χ0) is 12.1. The average Bonchev–Trinajstić information content (AvgIpc) is 2.51. The molecule has 0 radical (unpaired) electrons. The quantitative estimate of drug-likeness (QED) is 0.706. The lowest BCUT2D eigenvalue weighted by Gasteiger charge is -2.42. The van der Waals surface area contributed by atoms with E-state index in [4.69, 9.17) is 0 Å². The lowest BCUT2D eigenvalue weighted by molar-refractivity contribution is 0.0917. The third-order valence-electron chi connectivity index (χ3n) is 4.94. The van der Waals surface area contributed by atoms with Crippen molar-refractivity contribution in [2.75, 3.05) is 13.1 Å². The van der Waals surface area contributed by atoms with E-state index in [1.165, 1.54) is 64.5 Å². The zero-order valence-electron chi connectivity index (χ0n) is 11.9. The highest BCUT2D eigenvalue weighted by molar-refractivity contribution is 4.87. The molecule has 0 spiro atoms. The monoisotopic (exact) mass is 237 g/mol. The van der Waals surface area contributed by atoms with Gasteiger partial charge in [-0.1, -0.05) is 52.4 Å². The summed E-state index contributed by atoms with van der Waals surface area (Å²) < 4.78 is 0. The minimum Gasteiger partial charge on any atom is -0.316 e. The van der Waals surface area contributed by atoms with Gasteiger partial charge in [0.05, 0.1) is 0 Å². The van der Waals surface area contributed by atoms with Gasteiger partial charge in [-0.3, -0.25) is 0 Å². The highest BCUT2D eigenvalue weighted by atomic mass is 14.9. The minimum atomic E-state index is 0.798. The van der Waals surface area contributed by atoms with Crippen LogP contribution in [0.1, 0.15) is 65.2 Å². The molecule has 2 fully saturated rings.